The molecule has 1 saturated heterocycles. The standard InChI is InChI=1S/C14H22N2O3/c1-4-8-11(5-2)15-13(19)16-10-7-9-14(16,6-3)12(17)18/h1,11H,5-10H2,2-3H3,(H,15,19)(H,17,18). The lowest BCUT2D eigenvalue weighted by Gasteiger charge is -2.34. The van der Waals surface area contributed by atoms with Crippen molar-refractivity contribution in [3.05, 3.63) is 0 Å². The SMILES string of the molecule is C#CCC(CC)NC(=O)N1CCCC1(CC)C(=O)O. The van der Waals surface area contributed by atoms with Gasteiger partial charge in [-0.05, 0) is 25.7 Å². The van der Waals surface area contributed by atoms with E-state index in [9.17, 15) is 14.7 Å². The fraction of sp³-hybridized carbons (Fsp3) is 0.714. The van der Waals surface area contributed by atoms with Crippen molar-refractivity contribution in [2.45, 2.75) is 57.5 Å². The Bertz CT molecular complexity index is 389. The first kappa shape index (κ1) is 15.4. The first-order chi connectivity index (χ1) is 9.01. The van der Waals surface area contributed by atoms with E-state index < -0.39 is 11.5 Å². The van der Waals surface area contributed by atoms with Crippen molar-refractivity contribution in [2.24, 2.45) is 0 Å². The third-order valence-electron chi connectivity index (χ3n) is 3.90. The molecular weight excluding hydrogens is 244 g/mol. The van der Waals surface area contributed by atoms with Gasteiger partial charge in [0.1, 0.15) is 5.54 Å². The Morgan fingerprint density at radius 3 is 2.68 bits per heavy atom. The maximum atomic E-state index is 12.3. The van der Waals surface area contributed by atoms with Gasteiger partial charge in [-0.25, -0.2) is 9.59 Å². The molecule has 2 N–H and O–H groups in total. The van der Waals surface area contributed by atoms with Crippen LogP contribution in [0.3, 0.4) is 0 Å². The summed E-state index contributed by atoms with van der Waals surface area (Å²) >= 11 is 0. The van der Waals surface area contributed by atoms with Gasteiger partial charge in [-0.3, -0.25) is 0 Å². The van der Waals surface area contributed by atoms with Crippen molar-refractivity contribution in [3.8, 4) is 12.3 Å². The highest BCUT2D eigenvalue weighted by molar-refractivity contribution is 5.87. The Kier molecular flexibility index (Phi) is 5.22. The lowest BCUT2D eigenvalue weighted by Crippen LogP contribution is -2.57. The van der Waals surface area contributed by atoms with Gasteiger partial charge in [0.15, 0.2) is 0 Å². The van der Waals surface area contributed by atoms with Crippen LogP contribution in [-0.2, 0) is 4.79 Å². The number of terminal acetylenes is 1. The Hall–Kier alpha value is -1.70. The predicted octanol–water partition coefficient (Wildman–Crippen LogP) is 1.83. The minimum atomic E-state index is -1.06. The summed E-state index contributed by atoms with van der Waals surface area (Å²) in [6, 6.07) is -0.412. The van der Waals surface area contributed by atoms with Crippen LogP contribution in [0.25, 0.3) is 0 Å². The highest BCUT2D eigenvalue weighted by Gasteiger charge is 2.48. The predicted molar refractivity (Wildman–Crippen MR) is 72.7 cm³/mol. The molecule has 19 heavy (non-hydrogen) atoms. The number of carbonyl (C=O) groups excluding carboxylic acids is 1. The van der Waals surface area contributed by atoms with E-state index in [2.05, 4.69) is 11.2 Å². The Morgan fingerprint density at radius 1 is 1.53 bits per heavy atom. The molecule has 1 aliphatic heterocycles. The molecule has 1 rings (SSSR count). The quantitative estimate of drug-likeness (QED) is 0.746. The van der Waals surface area contributed by atoms with E-state index in [-0.39, 0.29) is 12.1 Å². The zero-order chi connectivity index (χ0) is 14.5. The second-order valence-corrected chi connectivity index (χ2v) is 4.91. The number of likely N-dealkylation sites (tertiary alicyclic amines) is 1. The normalized spacial score (nSPS) is 23.7. The lowest BCUT2D eigenvalue weighted by atomic mass is 9.93. The van der Waals surface area contributed by atoms with Gasteiger partial charge in [-0.15, -0.1) is 12.3 Å². The zero-order valence-electron chi connectivity index (χ0n) is 11.6. The molecule has 0 aromatic rings. The summed E-state index contributed by atoms with van der Waals surface area (Å²) in [4.78, 5) is 25.2. The number of aliphatic carboxylic acids is 1. The molecule has 0 aromatic heterocycles. The Labute approximate surface area is 114 Å². The molecule has 0 aromatic carbocycles. The molecule has 0 aliphatic carbocycles. The van der Waals surface area contributed by atoms with Crippen molar-refractivity contribution in [3.63, 3.8) is 0 Å². The van der Waals surface area contributed by atoms with Crippen LogP contribution >= 0.6 is 0 Å². The molecule has 0 saturated carbocycles. The van der Waals surface area contributed by atoms with Crippen molar-refractivity contribution in [1.82, 2.24) is 10.2 Å². The second kappa shape index (κ2) is 6.46. The van der Waals surface area contributed by atoms with E-state index in [1.807, 2.05) is 6.92 Å². The Morgan fingerprint density at radius 2 is 2.21 bits per heavy atom. The molecule has 5 heteroatoms. The van der Waals surface area contributed by atoms with Gasteiger partial charge in [0.2, 0.25) is 0 Å². The number of nitrogens with zero attached hydrogens (tertiary/aromatic N) is 1. The third-order valence-corrected chi connectivity index (χ3v) is 3.90. The molecule has 1 heterocycles. The van der Waals surface area contributed by atoms with E-state index in [0.717, 1.165) is 12.8 Å². The summed E-state index contributed by atoms with van der Waals surface area (Å²) in [5.74, 6) is 1.60. The van der Waals surface area contributed by atoms with Crippen molar-refractivity contribution >= 4 is 12.0 Å². The fourth-order valence-corrected chi connectivity index (χ4v) is 2.61. The summed E-state index contributed by atoms with van der Waals surface area (Å²) in [5, 5.41) is 12.3. The molecule has 2 atom stereocenters. The van der Waals surface area contributed by atoms with Crippen LogP contribution in [0, 0.1) is 12.3 Å². The largest absolute Gasteiger partial charge is 0.479 e. The van der Waals surface area contributed by atoms with Gasteiger partial charge in [0.05, 0.1) is 0 Å². The van der Waals surface area contributed by atoms with Crippen LogP contribution in [0.15, 0.2) is 0 Å². The highest BCUT2D eigenvalue weighted by Crippen LogP contribution is 2.32. The summed E-state index contributed by atoms with van der Waals surface area (Å²) in [6.45, 7) is 4.23. The first-order valence-electron chi connectivity index (χ1n) is 6.76. The van der Waals surface area contributed by atoms with Crippen LogP contribution < -0.4 is 5.32 Å². The van der Waals surface area contributed by atoms with Crippen molar-refractivity contribution < 1.29 is 14.7 Å². The van der Waals surface area contributed by atoms with E-state index in [1.54, 1.807) is 6.92 Å². The number of hydrogen-bond acceptors (Lipinski definition) is 2. The van der Waals surface area contributed by atoms with Crippen LogP contribution in [-0.4, -0.2) is 40.1 Å². The minimum absolute atomic E-state index is 0.0959. The van der Waals surface area contributed by atoms with E-state index >= 15 is 0 Å². The smallest absolute Gasteiger partial charge is 0.329 e. The van der Waals surface area contributed by atoms with Gasteiger partial charge in [-0.2, -0.15) is 0 Å². The minimum Gasteiger partial charge on any atom is -0.479 e. The number of carboxylic acid groups (broad SMARTS) is 1. The number of rotatable bonds is 5. The number of urea groups is 1. The van der Waals surface area contributed by atoms with Gasteiger partial charge in [-0.1, -0.05) is 13.8 Å². The van der Waals surface area contributed by atoms with E-state index in [1.165, 1.54) is 4.90 Å². The summed E-state index contributed by atoms with van der Waals surface area (Å²) < 4.78 is 0. The number of amides is 2. The van der Waals surface area contributed by atoms with Crippen LogP contribution in [0.1, 0.15) is 46.0 Å². The van der Waals surface area contributed by atoms with Crippen LogP contribution in [0.4, 0.5) is 4.79 Å². The molecule has 106 valence electrons. The summed E-state index contributed by atoms with van der Waals surface area (Å²) in [7, 11) is 0. The molecule has 2 amide bonds. The molecule has 0 bridgehead atoms. The Balaban J connectivity index is 2.81. The maximum absolute atomic E-state index is 12.3. The first-order valence-corrected chi connectivity index (χ1v) is 6.76. The van der Waals surface area contributed by atoms with Gasteiger partial charge < -0.3 is 15.3 Å². The topological polar surface area (TPSA) is 69.6 Å². The highest BCUT2D eigenvalue weighted by atomic mass is 16.4. The number of hydrogen-bond donors (Lipinski definition) is 2. The fourth-order valence-electron chi connectivity index (χ4n) is 2.61. The van der Waals surface area contributed by atoms with Crippen molar-refractivity contribution in [1.29, 1.82) is 0 Å². The maximum Gasteiger partial charge on any atom is 0.329 e. The molecular formula is C14H22N2O3. The summed E-state index contributed by atoms with van der Waals surface area (Å²) in [5.41, 5.74) is -1.06. The lowest BCUT2D eigenvalue weighted by molar-refractivity contribution is -0.148. The molecule has 0 radical (unpaired) electrons. The van der Waals surface area contributed by atoms with Crippen LogP contribution in [0.5, 0.6) is 0 Å². The molecule has 0 spiro atoms. The molecule has 1 fully saturated rings. The average molecular weight is 266 g/mol. The molecule has 1 aliphatic rings. The van der Waals surface area contributed by atoms with Gasteiger partial charge in [0.25, 0.3) is 0 Å². The van der Waals surface area contributed by atoms with Gasteiger partial charge in [0, 0.05) is 19.0 Å². The van der Waals surface area contributed by atoms with Crippen molar-refractivity contribution in [2.75, 3.05) is 6.54 Å². The molecule has 5 nitrogen and oxygen atoms in total. The second-order valence-electron chi connectivity index (χ2n) is 4.91. The van der Waals surface area contributed by atoms with Gasteiger partial charge >= 0.3 is 12.0 Å². The zero-order valence-corrected chi connectivity index (χ0v) is 11.6. The number of carboxylic acids is 1. The van der Waals surface area contributed by atoms with E-state index in [0.29, 0.717) is 25.8 Å². The van der Waals surface area contributed by atoms with Crippen LogP contribution in [0.2, 0.25) is 0 Å². The average Bonchev–Trinajstić information content (AvgIpc) is 2.83. The third kappa shape index (κ3) is 3.01. The summed E-state index contributed by atoms with van der Waals surface area (Å²) in [6.07, 6.45) is 8.10. The number of nitrogens with one attached hydrogen (secondary N) is 1. The monoisotopic (exact) mass is 266 g/mol. The number of carbonyl (C=O) groups is 2. The molecule has 2 unspecified atom stereocenters. The van der Waals surface area contributed by atoms with E-state index in [4.69, 9.17) is 6.42 Å².